The van der Waals surface area contributed by atoms with Crippen molar-refractivity contribution in [1.82, 2.24) is 14.9 Å². The maximum atomic E-state index is 12.8. The second-order valence-electron chi connectivity index (χ2n) is 12.9. The number of rotatable bonds is 17. The first kappa shape index (κ1) is 38.1. The van der Waals surface area contributed by atoms with Crippen LogP contribution in [0, 0.1) is 0 Å². The van der Waals surface area contributed by atoms with Crippen LogP contribution in [0.3, 0.4) is 0 Å². The molecule has 0 spiro atoms. The Bertz CT molecular complexity index is 1350. The maximum absolute atomic E-state index is 12.8. The van der Waals surface area contributed by atoms with E-state index in [1.807, 2.05) is 10.8 Å². The fraction of sp³-hybridized carbons (Fsp3) is 0.515. The highest BCUT2D eigenvalue weighted by atomic mass is 28.3. The first-order chi connectivity index (χ1) is 21.6. The molecule has 1 heterocycles. The van der Waals surface area contributed by atoms with Gasteiger partial charge in [-0.3, -0.25) is 5.32 Å². The summed E-state index contributed by atoms with van der Waals surface area (Å²) in [5, 5.41) is 8.84. The van der Waals surface area contributed by atoms with E-state index in [0.717, 1.165) is 6.04 Å². The van der Waals surface area contributed by atoms with E-state index in [-0.39, 0.29) is 13.3 Å². The number of alkyl carbamates (subject to hydrolysis) is 1. The molecule has 2 atom stereocenters. The van der Waals surface area contributed by atoms with Gasteiger partial charge in [0.05, 0.1) is 25.5 Å². The molecular formula is C33H51N5O7Si. The van der Waals surface area contributed by atoms with Gasteiger partial charge in [0.15, 0.2) is 0 Å². The zero-order chi connectivity index (χ0) is 34.5. The lowest BCUT2D eigenvalue weighted by atomic mass is 10.1. The number of hydrogen-bond donors (Lipinski definition) is 3. The molecule has 46 heavy (non-hydrogen) atoms. The first-order valence-electron chi connectivity index (χ1n) is 15.4. The van der Waals surface area contributed by atoms with Crippen LogP contribution in [0.25, 0.3) is 11.3 Å². The Balaban J connectivity index is 2.65. The predicted octanol–water partition coefficient (Wildman–Crippen LogP) is 7.10. The normalized spacial score (nSPS) is 12.8. The highest BCUT2D eigenvalue weighted by molar-refractivity contribution is 6.76. The van der Waals surface area contributed by atoms with Crippen molar-refractivity contribution in [2.24, 2.45) is 0 Å². The molecule has 13 heteroatoms. The Morgan fingerprint density at radius 3 is 2.37 bits per heavy atom. The fourth-order valence-corrected chi connectivity index (χ4v) is 5.03. The van der Waals surface area contributed by atoms with Crippen molar-refractivity contribution in [2.45, 2.75) is 90.6 Å². The number of methoxy groups -OCH3 is 1. The number of anilines is 2. The third-order valence-corrected chi connectivity index (χ3v) is 8.17. The van der Waals surface area contributed by atoms with Crippen molar-refractivity contribution >= 4 is 37.6 Å². The number of carbonyl (C=O) groups excluding carboxylic acids is 3. The lowest BCUT2D eigenvalue weighted by molar-refractivity contribution is -0.143. The fourth-order valence-electron chi connectivity index (χ4n) is 4.27. The minimum Gasteiger partial charge on any atom is -0.464 e. The summed E-state index contributed by atoms with van der Waals surface area (Å²) >= 11 is 0. The van der Waals surface area contributed by atoms with Crippen LogP contribution in [0.15, 0.2) is 49.7 Å². The van der Waals surface area contributed by atoms with E-state index in [9.17, 15) is 14.4 Å². The number of nitrogens with zero attached hydrogens (tertiary/aromatic N) is 2. The van der Waals surface area contributed by atoms with Crippen LogP contribution in [-0.4, -0.2) is 67.7 Å². The van der Waals surface area contributed by atoms with E-state index in [4.69, 9.17) is 23.9 Å². The summed E-state index contributed by atoms with van der Waals surface area (Å²) in [6.07, 6.45) is 4.59. The smallest absolute Gasteiger partial charge is 0.411 e. The summed E-state index contributed by atoms with van der Waals surface area (Å²) in [5.41, 5.74) is 1.42. The number of amides is 2. The van der Waals surface area contributed by atoms with Gasteiger partial charge in [-0.2, -0.15) is 0 Å². The second kappa shape index (κ2) is 17.6. The molecule has 0 aliphatic heterocycles. The van der Waals surface area contributed by atoms with E-state index < -0.39 is 43.9 Å². The third kappa shape index (κ3) is 12.7. The molecule has 0 bridgehead atoms. The van der Waals surface area contributed by atoms with Gasteiger partial charge in [0.1, 0.15) is 24.2 Å². The summed E-state index contributed by atoms with van der Waals surface area (Å²) in [5.74, 6) is 0.0822. The van der Waals surface area contributed by atoms with Crippen molar-refractivity contribution < 1.29 is 33.3 Å². The number of ether oxygens (including phenoxy) is 4. The number of nitrogens with one attached hydrogen (secondary N) is 3. The van der Waals surface area contributed by atoms with Crippen molar-refractivity contribution in [3.63, 3.8) is 0 Å². The van der Waals surface area contributed by atoms with Crippen molar-refractivity contribution in [2.75, 3.05) is 31.0 Å². The van der Waals surface area contributed by atoms with Gasteiger partial charge >= 0.3 is 18.2 Å². The van der Waals surface area contributed by atoms with E-state index >= 15 is 0 Å². The second-order valence-corrected chi connectivity index (χ2v) is 18.5. The van der Waals surface area contributed by atoms with E-state index in [2.05, 4.69) is 48.7 Å². The average molecular weight is 658 g/mol. The molecule has 0 saturated carbocycles. The molecule has 0 saturated heterocycles. The molecule has 0 aliphatic rings. The maximum Gasteiger partial charge on any atom is 0.411 e. The van der Waals surface area contributed by atoms with Crippen molar-refractivity contribution in [1.29, 1.82) is 0 Å². The van der Waals surface area contributed by atoms with Gasteiger partial charge in [-0.05, 0) is 64.8 Å². The number of esters is 1. The predicted molar refractivity (Wildman–Crippen MR) is 184 cm³/mol. The van der Waals surface area contributed by atoms with Crippen LogP contribution >= 0.6 is 0 Å². The highest BCUT2D eigenvalue weighted by Gasteiger charge is 2.26. The Morgan fingerprint density at radius 2 is 1.78 bits per heavy atom. The van der Waals surface area contributed by atoms with Crippen LogP contribution in [-0.2, 0) is 30.5 Å². The van der Waals surface area contributed by atoms with E-state index in [1.54, 1.807) is 58.0 Å². The molecule has 0 radical (unpaired) electrons. The number of imidazole rings is 1. The molecule has 0 aliphatic carbocycles. The Hall–Kier alpha value is -4.10. The molecule has 0 fully saturated rings. The largest absolute Gasteiger partial charge is 0.464 e. The van der Waals surface area contributed by atoms with E-state index in [0.29, 0.717) is 47.9 Å². The number of hydrogen-bond acceptors (Lipinski definition) is 9. The van der Waals surface area contributed by atoms with Crippen LogP contribution < -0.4 is 16.0 Å². The third-order valence-electron chi connectivity index (χ3n) is 6.47. The molecule has 254 valence electrons. The minimum atomic E-state index is -1.33. The van der Waals surface area contributed by atoms with Crippen molar-refractivity contribution in [3.8, 4) is 11.3 Å². The van der Waals surface area contributed by atoms with Crippen LogP contribution in [0.1, 0.15) is 52.4 Å². The van der Waals surface area contributed by atoms with Gasteiger partial charge in [-0.1, -0.05) is 31.8 Å². The van der Waals surface area contributed by atoms with Gasteiger partial charge in [0.2, 0.25) is 0 Å². The standard InChI is InChI=1S/C33H51N5O7Si/c1-11-14-25(37-32(41)45-33(4,5)6)29-36-28(21-38(29)22-43-18-19-46(8,9)10)24-17-16-23(34-31(40)42-7)20-27(24)35-26(15-12-2)30(39)44-13-3/h11-12,16-17,20-21,25-26,35H,1-2,13-15,18-19,22H2,3-10H3,(H,34,40)(H,37,41). The molecule has 1 aromatic heterocycles. The van der Waals surface area contributed by atoms with Crippen LogP contribution in [0.4, 0.5) is 21.0 Å². The molecule has 2 aromatic rings. The number of carbonyl (C=O) groups is 3. The van der Waals surface area contributed by atoms with Gasteiger partial charge in [0, 0.05) is 37.8 Å². The van der Waals surface area contributed by atoms with Crippen molar-refractivity contribution in [3.05, 3.63) is 55.5 Å². The van der Waals surface area contributed by atoms with Gasteiger partial charge in [-0.25, -0.2) is 19.4 Å². The summed E-state index contributed by atoms with van der Waals surface area (Å²) < 4.78 is 23.5. The van der Waals surface area contributed by atoms with Gasteiger partial charge in [0.25, 0.3) is 0 Å². The molecule has 1 aromatic carbocycles. The Morgan fingerprint density at radius 1 is 1.09 bits per heavy atom. The zero-order valence-corrected chi connectivity index (χ0v) is 29.5. The van der Waals surface area contributed by atoms with E-state index in [1.165, 1.54) is 7.11 Å². The number of benzene rings is 1. The summed E-state index contributed by atoms with van der Waals surface area (Å²) in [6, 6.07) is 4.82. The summed E-state index contributed by atoms with van der Waals surface area (Å²) in [4.78, 5) is 42.6. The molecule has 2 amide bonds. The lowest BCUT2D eigenvalue weighted by Gasteiger charge is -2.23. The number of aromatic nitrogens is 2. The molecular weight excluding hydrogens is 606 g/mol. The monoisotopic (exact) mass is 657 g/mol. The quantitative estimate of drug-likeness (QED) is 0.0534. The van der Waals surface area contributed by atoms with Crippen LogP contribution in [0.2, 0.25) is 25.7 Å². The molecule has 2 unspecified atom stereocenters. The SMILES string of the molecule is C=CCC(Nc1cc(NC(=O)OC)ccc1-c1cn(COCC[Si](C)(C)C)c(C(CC=C)NC(=O)OC(C)(C)C)n1)C(=O)OCC. The van der Waals surface area contributed by atoms with Gasteiger partial charge in [-0.15, -0.1) is 13.2 Å². The first-order valence-corrected chi connectivity index (χ1v) is 19.1. The molecule has 2 rings (SSSR count). The highest BCUT2D eigenvalue weighted by Crippen LogP contribution is 2.33. The lowest BCUT2D eigenvalue weighted by Crippen LogP contribution is -2.36. The Labute approximate surface area is 273 Å². The minimum absolute atomic E-state index is 0.198. The van der Waals surface area contributed by atoms with Gasteiger partial charge < -0.3 is 34.1 Å². The topological polar surface area (TPSA) is 142 Å². The molecule has 3 N–H and O–H groups in total. The Kier molecular flexibility index (Phi) is 14.5. The summed E-state index contributed by atoms with van der Waals surface area (Å²) in [7, 11) is -0.0574. The summed E-state index contributed by atoms with van der Waals surface area (Å²) in [6.45, 7) is 22.6. The molecule has 12 nitrogen and oxygen atoms in total. The zero-order valence-electron chi connectivity index (χ0n) is 28.5. The van der Waals surface area contributed by atoms with Crippen LogP contribution in [0.5, 0.6) is 0 Å². The average Bonchev–Trinajstić information content (AvgIpc) is 3.37.